The molecule has 0 spiro atoms. The van der Waals surface area contributed by atoms with Crippen LogP contribution in [0.3, 0.4) is 0 Å². The monoisotopic (exact) mass is 334 g/mol. The summed E-state index contributed by atoms with van der Waals surface area (Å²) in [6.45, 7) is 6.20. The van der Waals surface area contributed by atoms with Crippen LogP contribution in [0, 0.1) is 6.92 Å². The molecule has 1 heterocycles. The number of para-hydroxylation sites is 1. The molecule has 0 radical (unpaired) electrons. The van der Waals surface area contributed by atoms with Crippen molar-refractivity contribution in [2.45, 2.75) is 26.7 Å². The van der Waals surface area contributed by atoms with Crippen LogP contribution in [0.2, 0.25) is 0 Å². The molecule has 2 aromatic carbocycles. The molecule has 3 aromatic rings. The number of aromatic nitrogens is 1. The molecule has 0 atom stereocenters. The van der Waals surface area contributed by atoms with Gasteiger partial charge >= 0.3 is 0 Å². The number of nitrogens with one attached hydrogen (secondary N) is 1. The first-order valence-corrected chi connectivity index (χ1v) is 8.41. The van der Waals surface area contributed by atoms with Crippen molar-refractivity contribution in [3.8, 4) is 5.75 Å². The molecule has 1 N–H and O–H groups in total. The van der Waals surface area contributed by atoms with Crippen LogP contribution < -0.4 is 10.1 Å². The van der Waals surface area contributed by atoms with E-state index in [9.17, 15) is 4.79 Å². The molecular formula is C21H22N2O2. The molecule has 0 saturated heterocycles. The molecule has 0 unspecified atom stereocenters. The molecule has 0 fully saturated rings. The quantitative estimate of drug-likeness (QED) is 0.737. The lowest BCUT2D eigenvalue weighted by molar-refractivity contribution is -0.118. The molecular weight excluding hydrogens is 312 g/mol. The number of pyridine rings is 1. The van der Waals surface area contributed by atoms with E-state index >= 15 is 0 Å². The number of aryl methyl sites for hydroxylation is 1. The van der Waals surface area contributed by atoms with E-state index in [1.54, 1.807) is 6.20 Å². The van der Waals surface area contributed by atoms with E-state index in [0.29, 0.717) is 11.7 Å². The molecule has 0 saturated carbocycles. The fourth-order valence-electron chi connectivity index (χ4n) is 2.81. The highest BCUT2D eigenvalue weighted by Crippen LogP contribution is 2.27. The van der Waals surface area contributed by atoms with Gasteiger partial charge in [0.05, 0.1) is 5.52 Å². The lowest BCUT2D eigenvalue weighted by Gasteiger charge is -2.16. The summed E-state index contributed by atoms with van der Waals surface area (Å²) in [5.41, 5.74) is 3.97. The number of nitrogens with zero attached hydrogens (tertiary/aromatic N) is 1. The normalized spacial score (nSPS) is 10.9. The Labute approximate surface area is 147 Å². The van der Waals surface area contributed by atoms with Crippen molar-refractivity contribution in [2.24, 2.45) is 0 Å². The lowest BCUT2D eigenvalue weighted by atomic mass is 9.98. The number of rotatable bonds is 5. The van der Waals surface area contributed by atoms with Crippen LogP contribution in [-0.4, -0.2) is 17.5 Å². The van der Waals surface area contributed by atoms with E-state index in [1.165, 1.54) is 0 Å². The highest BCUT2D eigenvalue weighted by Gasteiger charge is 2.12. The smallest absolute Gasteiger partial charge is 0.262 e. The van der Waals surface area contributed by atoms with Crippen LogP contribution >= 0.6 is 0 Å². The van der Waals surface area contributed by atoms with Crippen molar-refractivity contribution >= 4 is 22.5 Å². The zero-order valence-corrected chi connectivity index (χ0v) is 14.7. The number of amides is 1. The van der Waals surface area contributed by atoms with Crippen LogP contribution in [0.25, 0.3) is 10.9 Å². The SMILES string of the molecule is Cc1cccc(C(C)C)c1NC(=O)COc1ccc2ncccc2c1. The summed E-state index contributed by atoms with van der Waals surface area (Å²) in [5.74, 6) is 0.830. The second kappa shape index (κ2) is 7.34. The van der Waals surface area contributed by atoms with Gasteiger partial charge in [-0.2, -0.15) is 0 Å². The van der Waals surface area contributed by atoms with Crippen molar-refractivity contribution in [1.82, 2.24) is 4.98 Å². The third-order valence-electron chi connectivity index (χ3n) is 4.14. The fourth-order valence-corrected chi connectivity index (χ4v) is 2.81. The van der Waals surface area contributed by atoms with E-state index in [2.05, 4.69) is 24.1 Å². The van der Waals surface area contributed by atoms with Gasteiger partial charge < -0.3 is 10.1 Å². The highest BCUT2D eigenvalue weighted by molar-refractivity contribution is 5.93. The van der Waals surface area contributed by atoms with Crippen molar-refractivity contribution in [1.29, 1.82) is 0 Å². The van der Waals surface area contributed by atoms with Crippen molar-refractivity contribution in [3.63, 3.8) is 0 Å². The minimum Gasteiger partial charge on any atom is -0.484 e. The van der Waals surface area contributed by atoms with Crippen LogP contribution in [0.15, 0.2) is 54.7 Å². The Morgan fingerprint density at radius 2 is 2.00 bits per heavy atom. The number of fused-ring (bicyclic) bond motifs is 1. The number of benzene rings is 2. The van der Waals surface area contributed by atoms with Crippen LogP contribution in [0.4, 0.5) is 5.69 Å². The number of ether oxygens (including phenoxy) is 1. The Bertz CT molecular complexity index is 903. The van der Waals surface area contributed by atoms with Crippen LogP contribution in [0.1, 0.15) is 30.9 Å². The standard InChI is InChI=1S/C21H22N2O2/c1-14(2)18-8-4-6-15(3)21(18)23-20(24)13-25-17-9-10-19-16(12-17)7-5-11-22-19/h4-12,14H,13H2,1-3H3,(H,23,24). The number of carbonyl (C=O) groups excluding carboxylic acids is 1. The molecule has 0 aliphatic carbocycles. The Balaban J connectivity index is 1.69. The largest absolute Gasteiger partial charge is 0.484 e. The average Bonchev–Trinajstić information content (AvgIpc) is 2.61. The van der Waals surface area contributed by atoms with Crippen LogP contribution in [-0.2, 0) is 4.79 Å². The predicted octanol–water partition coefficient (Wildman–Crippen LogP) is 4.68. The van der Waals surface area contributed by atoms with Gasteiger partial charge in [-0.1, -0.05) is 38.1 Å². The maximum Gasteiger partial charge on any atom is 0.262 e. The van der Waals surface area contributed by atoms with Gasteiger partial charge in [-0.25, -0.2) is 0 Å². The van der Waals surface area contributed by atoms with Crippen molar-refractivity contribution in [3.05, 3.63) is 65.9 Å². The highest BCUT2D eigenvalue weighted by atomic mass is 16.5. The molecule has 0 aliphatic rings. The topological polar surface area (TPSA) is 51.2 Å². The van der Waals surface area contributed by atoms with E-state index < -0.39 is 0 Å². The summed E-state index contributed by atoms with van der Waals surface area (Å²) in [7, 11) is 0. The first-order valence-electron chi connectivity index (χ1n) is 8.41. The Hall–Kier alpha value is -2.88. The number of anilines is 1. The van der Waals surface area contributed by atoms with Gasteiger partial charge in [0.2, 0.25) is 0 Å². The van der Waals surface area contributed by atoms with Gasteiger partial charge in [-0.05, 0) is 48.2 Å². The van der Waals surface area contributed by atoms with Crippen molar-refractivity contribution in [2.75, 3.05) is 11.9 Å². The summed E-state index contributed by atoms with van der Waals surface area (Å²) in [5, 5.41) is 3.98. The molecule has 128 valence electrons. The summed E-state index contributed by atoms with van der Waals surface area (Å²) in [6, 6.07) is 15.5. The molecule has 4 nitrogen and oxygen atoms in total. The van der Waals surface area contributed by atoms with E-state index in [1.807, 2.05) is 55.5 Å². The van der Waals surface area contributed by atoms with E-state index in [4.69, 9.17) is 4.74 Å². The molecule has 0 bridgehead atoms. The summed E-state index contributed by atoms with van der Waals surface area (Å²) < 4.78 is 5.65. The molecule has 1 aromatic heterocycles. The second-order valence-electron chi connectivity index (χ2n) is 6.39. The lowest BCUT2D eigenvalue weighted by Crippen LogP contribution is -2.21. The molecule has 25 heavy (non-hydrogen) atoms. The third kappa shape index (κ3) is 3.97. The zero-order chi connectivity index (χ0) is 17.8. The Morgan fingerprint density at radius 3 is 2.80 bits per heavy atom. The number of carbonyl (C=O) groups is 1. The minimum atomic E-state index is -0.164. The van der Waals surface area contributed by atoms with Gasteiger partial charge in [-0.15, -0.1) is 0 Å². The minimum absolute atomic E-state index is 0.0301. The van der Waals surface area contributed by atoms with Gasteiger partial charge in [0.1, 0.15) is 5.75 Å². The fraction of sp³-hybridized carbons (Fsp3) is 0.238. The van der Waals surface area contributed by atoms with Gasteiger partial charge in [0, 0.05) is 17.3 Å². The van der Waals surface area contributed by atoms with Gasteiger partial charge in [0.15, 0.2) is 6.61 Å². The molecule has 0 aliphatic heterocycles. The first kappa shape index (κ1) is 17.0. The zero-order valence-electron chi connectivity index (χ0n) is 14.7. The maximum atomic E-state index is 12.3. The predicted molar refractivity (Wildman–Crippen MR) is 101 cm³/mol. The number of hydrogen-bond acceptors (Lipinski definition) is 3. The van der Waals surface area contributed by atoms with Gasteiger partial charge in [-0.3, -0.25) is 9.78 Å². The Kier molecular flexibility index (Phi) is 4.98. The van der Waals surface area contributed by atoms with Gasteiger partial charge in [0.25, 0.3) is 5.91 Å². The Morgan fingerprint density at radius 1 is 1.16 bits per heavy atom. The second-order valence-corrected chi connectivity index (χ2v) is 6.39. The van der Waals surface area contributed by atoms with Crippen LogP contribution in [0.5, 0.6) is 5.75 Å². The summed E-state index contributed by atoms with van der Waals surface area (Å²) in [6.07, 6.45) is 1.75. The average molecular weight is 334 g/mol. The summed E-state index contributed by atoms with van der Waals surface area (Å²) in [4.78, 5) is 16.6. The first-order chi connectivity index (χ1) is 12.0. The number of hydrogen-bond donors (Lipinski definition) is 1. The van der Waals surface area contributed by atoms with E-state index in [0.717, 1.165) is 27.7 Å². The molecule has 3 rings (SSSR count). The summed E-state index contributed by atoms with van der Waals surface area (Å²) >= 11 is 0. The molecule has 4 heteroatoms. The van der Waals surface area contributed by atoms with Crippen molar-refractivity contribution < 1.29 is 9.53 Å². The molecule has 1 amide bonds. The third-order valence-corrected chi connectivity index (χ3v) is 4.14. The van der Waals surface area contributed by atoms with E-state index in [-0.39, 0.29) is 12.5 Å². The maximum absolute atomic E-state index is 12.3.